The molecule has 2 aromatic carbocycles. The fourth-order valence-corrected chi connectivity index (χ4v) is 4.30. The van der Waals surface area contributed by atoms with Crippen LogP contribution >= 0.6 is 11.8 Å². The van der Waals surface area contributed by atoms with Gasteiger partial charge in [-0.05, 0) is 30.7 Å². The molecule has 0 saturated heterocycles. The maximum Gasteiger partial charge on any atom is 0.267 e. The van der Waals surface area contributed by atoms with Crippen LogP contribution in [-0.4, -0.2) is 12.4 Å². The smallest absolute Gasteiger partial charge is 0.248 e. The Balaban J connectivity index is 1.77. The summed E-state index contributed by atoms with van der Waals surface area (Å²) in [6.45, 7) is 1.93. The number of rotatable bonds is 5. The van der Waals surface area contributed by atoms with E-state index in [-0.39, 0.29) is 0 Å². The summed E-state index contributed by atoms with van der Waals surface area (Å²) < 4.78 is 26.5. The summed E-state index contributed by atoms with van der Waals surface area (Å²) in [5, 5.41) is 0. The average Bonchev–Trinajstić information content (AvgIpc) is 3.04. The third-order valence-electron chi connectivity index (χ3n) is 3.48. The molecule has 118 valence electrons. The minimum Gasteiger partial charge on any atom is -0.248 e. The molecule has 0 aliphatic heterocycles. The van der Waals surface area contributed by atoms with Gasteiger partial charge in [0.05, 0.1) is 4.90 Å². The molecular formula is C18H17NO2S2. The second-order valence-electron chi connectivity index (χ2n) is 5.27. The summed E-state index contributed by atoms with van der Waals surface area (Å²) in [4.78, 5) is 1.24. The van der Waals surface area contributed by atoms with E-state index < -0.39 is 10.0 Å². The number of benzene rings is 2. The van der Waals surface area contributed by atoms with Crippen LogP contribution in [0.5, 0.6) is 0 Å². The number of hydrogen-bond donors (Lipinski definition) is 0. The van der Waals surface area contributed by atoms with Crippen molar-refractivity contribution in [2.75, 3.05) is 0 Å². The molecule has 0 spiro atoms. The molecule has 0 aliphatic carbocycles. The fourth-order valence-electron chi connectivity index (χ4n) is 2.17. The van der Waals surface area contributed by atoms with Gasteiger partial charge in [0, 0.05) is 23.0 Å². The Morgan fingerprint density at radius 1 is 0.957 bits per heavy atom. The van der Waals surface area contributed by atoms with Crippen molar-refractivity contribution < 1.29 is 8.42 Å². The highest BCUT2D eigenvalue weighted by molar-refractivity contribution is 7.98. The van der Waals surface area contributed by atoms with E-state index >= 15 is 0 Å². The Labute approximate surface area is 141 Å². The molecule has 23 heavy (non-hydrogen) atoms. The van der Waals surface area contributed by atoms with E-state index in [9.17, 15) is 8.42 Å². The van der Waals surface area contributed by atoms with Crippen LogP contribution in [0, 0.1) is 6.92 Å². The molecule has 1 heterocycles. The molecule has 1 aromatic heterocycles. The molecule has 0 atom stereocenters. The molecule has 0 saturated carbocycles. The molecule has 0 amide bonds. The molecule has 3 rings (SSSR count). The molecule has 0 fully saturated rings. The highest BCUT2D eigenvalue weighted by atomic mass is 32.2. The monoisotopic (exact) mass is 343 g/mol. The maximum atomic E-state index is 12.6. The van der Waals surface area contributed by atoms with E-state index in [0.29, 0.717) is 4.90 Å². The van der Waals surface area contributed by atoms with E-state index in [4.69, 9.17) is 0 Å². The van der Waals surface area contributed by atoms with Crippen LogP contribution in [0.2, 0.25) is 0 Å². The third-order valence-corrected chi connectivity index (χ3v) is 6.19. The highest BCUT2D eigenvalue weighted by Crippen LogP contribution is 2.25. The summed E-state index contributed by atoms with van der Waals surface area (Å²) in [6.07, 6.45) is 3.27. The first kappa shape index (κ1) is 15.9. The van der Waals surface area contributed by atoms with Gasteiger partial charge in [0.2, 0.25) is 0 Å². The van der Waals surface area contributed by atoms with Gasteiger partial charge in [-0.25, -0.2) is 12.4 Å². The van der Waals surface area contributed by atoms with E-state index in [1.807, 2.05) is 31.2 Å². The summed E-state index contributed by atoms with van der Waals surface area (Å²) in [5.41, 5.74) is 2.25. The Morgan fingerprint density at radius 3 is 2.35 bits per heavy atom. The van der Waals surface area contributed by atoms with Gasteiger partial charge in [-0.1, -0.05) is 48.0 Å². The summed E-state index contributed by atoms with van der Waals surface area (Å²) in [5.74, 6) is 0.815. The summed E-state index contributed by atoms with van der Waals surface area (Å²) in [7, 11) is -3.51. The lowest BCUT2D eigenvalue weighted by atomic mass is 10.2. The molecule has 3 aromatic rings. The van der Waals surface area contributed by atoms with Crippen LogP contribution in [0.15, 0.2) is 82.8 Å². The number of thioether (sulfide) groups is 1. The van der Waals surface area contributed by atoms with Crippen LogP contribution < -0.4 is 0 Å². The first-order valence-corrected chi connectivity index (χ1v) is 9.65. The predicted octanol–water partition coefficient (Wildman–Crippen LogP) is 4.33. The largest absolute Gasteiger partial charge is 0.267 e. The van der Waals surface area contributed by atoms with Crippen LogP contribution in [0.1, 0.15) is 11.1 Å². The number of nitrogens with zero attached hydrogens (tertiary/aromatic N) is 1. The van der Waals surface area contributed by atoms with Gasteiger partial charge in [-0.15, -0.1) is 11.8 Å². The average molecular weight is 343 g/mol. The lowest BCUT2D eigenvalue weighted by Gasteiger charge is -2.05. The Kier molecular flexibility index (Phi) is 4.59. The van der Waals surface area contributed by atoms with Crippen molar-refractivity contribution in [3.05, 3.63) is 84.2 Å². The van der Waals surface area contributed by atoms with Crippen molar-refractivity contribution in [3.63, 3.8) is 0 Å². The normalized spacial score (nSPS) is 11.5. The highest BCUT2D eigenvalue weighted by Gasteiger charge is 2.16. The number of aryl methyl sites for hydroxylation is 1. The minimum absolute atomic E-state index is 0.304. The Morgan fingerprint density at radius 2 is 1.65 bits per heavy atom. The molecule has 0 N–H and O–H groups in total. The lowest BCUT2D eigenvalue weighted by molar-refractivity contribution is 0.587. The van der Waals surface area contributed by atoms with Crippen molar-refractivity contribution in [1.82, 2.24) is 3.97 Å². The van der Waals surface area contributed by atoms with Gasteiger partial charge in [0.15, 0.2) is 0 Å². The second kappa shape index (κ2) is 6.64. The molecule has 3 nitrogen and oxygen atoms in total. The van der Waals surface area contributed by atoms with Gasteiger partial charge in [0.25, 0.3) is 10.0 Å². The van der Waals surface area contributed by atoms with Gasteiger partial charge < -0.3 is 0 Å². The van der Waals surface area contributed by atoms with Crippen LogP contribution in [0.25, 0.3) is 0 Å². The first-order chi connectivity index (χ1) is 11.1. The van der Waals surface area contributed by atoms with Crippen molar-refractivity contribution in [1.29, 1.82) is 0 Å². The predicted molar refractivity (Wildman–Crippen MR) is 94.2 cm³/mol. The second-order valence-corrected chi connectivity index (χ2v) is 8.16. The SMILES string of the molecule is Cc1ccc(S(=O)(=O)n2ccc(SCc3ccccc3)c2)cc1. The van der Waals surface area contributed by atoms with Crippen LogP contribution in [0.3, 0.4) is 0 Å². The molecular weight excluding hydrogens is 326 g/mol. The summed E-state index contributed by atoms with van der Waals surface area (Å²) >= 11 is 1.62. The van der Waals surface area contributed by atoms with Crippen LogP contribution in [-0.2, 0) is 15.8 Å². The Bertz CT molecular complexity index is 882. The maximum absolute atomic E-state index is 12.6. The molecule has 0 aliphatic rings. The van der Waals surface area contributed by atoms with Crippen molar-refractivity contribution in [3.8, 4) is 0 Å². The third kappa shape index (κ3) is 3.68. The number of hydrogen-bond acceptors (Lipinski definition) is 3. The topological polar surface area (TPSA) is 39.1 Å². The minimum atomic E-state index is -3.51. The molecule has 0 radical (unpaired) electrons. The van der Waals surface area contributed by atoms with Gasteiger partial charge in [0.1, 0.15) is 0 Å². The van der Waals surface area contributed by atoms with E-state index in [1.54, 1.807) is 48.4 Å². The standard InChI is InChI=1S/C18H17NO2S2/c1-15-7-9-18(10-8-15)23(20,21)19-12-11-17(13-19)22-14-16-5-3-2-4-6-16/h2-13H,14H2,1H3. The Hall–Kier alpha value is -1.98. The van der Waals surface area contributed by atoms with Crippen LogP contribution in [0.4, 0.5) is 0 Å². The lowest BCUT2D eigenvalue weighted by Crippen LogP contribution is -2.10. The number of aromatic nitrogens is 1. The zero-order valence-electron chi connectivity index (χ0n) is 12.7. The zero-order valence-corrected chi connectivity index (χ0v) is 14.3. The molecule has 5 heteroatoms. The fraction of sp³-hybridized carbons (Fsp3) is 0.111. The van der Waals surface area contributed by atoms with Gasteiger partial charge in [-0.2, -0.15) is 0 Å². The first-order valence-electron chi connectivity index (χ1n) is 7.23. The summed E-state index contributed by atoms with van der Waals surface area (Å²) in [6, 6.07) is 18.8. The van der Waals surface area contributed by atoms with E-state index in [2.05, 4.69) is 12.1 Å². The van der Waals surface area contributed by atoms with E-state index in [1.165, 1.54) is 9.54 Å². The quantitative estimate of drug-likeness (QED) is 0.648. The van der Waals surface area contributed by atoms with E-state index in [0.717, 1.165) is 16.2 Å². The van der Waals surface area contributed by atoms with Gasteiger partial charge in [-0.3, -0.25) is 0 Å². The van der Waals surface area contributed by atoms with Crippen molar-refractivity contribution in [2.24, 2.45) is 0 Å². The molecule has 0 bridgehead atoms. The van der Waals surface area contributed by atoms with Crippen molar-refractivity contribution in [2.45, 2.75) is 22.5 Å². The van der Waals surface area contributed by atoms with Crippen molar-refractivity contribution >= 4 is 21.8 Å². The molecule has 0 unspecified atom stereocenters. The van der Waals surface area contributed by atoms with Gasteiger partial charge >= 0.3 is 0 Å². The zero-order chi connectivity index (χ0) is 16.3.